The molecule has 6 rings (SSSR count). The lowest BCUT2D eigenvalue weighted by atomic mass is 9.92. The minimum Gasteiger partial charge on any atom is -0.480 e. The average Bonchev–Trinajstić information content (AvgIpc) is 3.75. The number of nitrogens with one attached hydrogen (secondary N) is 1. The summed E-state index contributed by atoms with van der Waals surface area (Å²) < 4.78 is 15.0. The number of hydrogen-bond donors (Lipinski definition) is 2. The molecule has 7 heteroatoms. The number of benzene rings is 2. The summed E-state index contributed by atoms with van der Waals surface area (Å²) in [5.41, 5.74) is 3.39. The van der Waals surface area contributed by atoms with Gasteiger partial charge in [-0.1, -0.05) is 47.7 Å². The van der Waals surface area contributed by atoms with E-state index in [9.17, 15) is 14.3 Å². The standard InChI is InChI=1S/C26H22FN3O2S/c27-19-14-16(15-28-26(12-13-26)24(31)32)6-7-18(19)22-29-20-8-9-21(30-23(20)33-22)25(10-11-25)17-4-2-1-3-5-17/h1-9,14,28H,10-13,15H2,(H,31,32). The van der Waals surface area contributed by atoms with Crippen molar-refractivity contribution in [2.75, 3.05) is 0 Å². The number of thiazole rings is 1. The molecule has 0 radical (unpaired) electrons. The number of hydrogen-bond acceptors (Lipinski definition) is 5. The maximum absolute atomic E-state index is 15.0. The Morgan fingerprint density at radius 1 is 1.03 bits per heavy atom. The van der Waals surface area contributed by atoms with Crippen LogP contribution in [-0.2, 0) is 16.8 Å². The molecule has 0 unspecified atom stereocenters. The van der Waals surface area contributed by atoms with Gasteiger partial charge in [0.15, 0.2) is 0 Å². The fourth-order valence-electron chi connectivity index (χ4n) is 4.48. The topological polar surface area (TPSA) is 75.1 Å². The Morgan fingerprint density at radius 2 is 1.82 bits per heavy atom. The summed E-state index contributed by atoms with van der Waals surface area (Å²) in [5, 5.41) is 12.9. The van der Waals surface area contributed by atoms with Crippen molar-refractivity contribution in [1.29, 1.82) is 0 Å². The van der Waals surface area contributed by atoms with E-state index in [0.717, 1.165) is 28.9 Å². The summed E-state index contributed by atoms with van der Waals surface area (Å²) in [6, 6.07) is 19.5. The molecule has 2 aliphatic carbocycles. The number of aromatic nitrogens is 2. The van der Waals surface area contributed by atoms with Gasteiger partial charge in [0.05, 0.1) is 5.69 Å². The van der Waals surface area contributed by atoms with Crippen LogP contribution in [0.5, 0.6) is 0 Å². The van der Waals surface area contributed by atoms with Crippen molar-refractivity contribution in [3.05, 3.63) is 83.3 Å². The molecule has 2 aromatic carbocycles. The Balaban J connectivity index is 1.27. The first-order valence-electron chi connectivity index (χ1n) is 11.1. The molecule has 0 bridgehead atoms. The molecule has 2 N–H and O–H groups in total. The van der Waals surface area contributed by atoms with Gasteiger partial charge in [0.1, 0.15) is 26.7 Å². The lowest BCUT2D eigenvalue weighted by molar-refractivity contribution is -0.140. The van der Waals surface area contributed by atoms with Crippen LogP contribution in [0.4, 0.5) is 4.39 Å². The number of carboxylic acid groups (broad SMARTS) is 1. The molecule has 33 heavy (non-hydrogen) atoms. The zero-order chi connectivity index (χ0) is 22.6. The van der Waals surface area contributed by atoms with Crippen molar-refractivity contribution in [2.45, 2.75) is 43.2 Å². The van der Waals surface area contributed by atoms with Crippen molar-refractivity contribution in [1.82, 2.24) is 15.3 Å². The van der Waals surface area contributed by atoms with E-state index in [1.807, 2.05) is 24.3 Å². The fraction of sp³-hybridized carbons (Fsp3) is 0.269. The molecule has 5 nitrogen and oxygen atoms in total. The molecule has 2 aliphatic rings. The summed E-state index contributed by atoms with van der Waals surface area (Å²) in [5.74, 6) is -1.21. The number of halogens is 1. The molecule has 0 atom stereocenters. The third kappa shape index (κ3) is 3.52. The third-order valence-corrected chi connectivity index (χ3v) is 7.87. The predicted octanol–water partition coefficient (Wildman–Crippen LogP) is 5.28. The highest BCUT2D eigenvalue weighted by Gasteiger charge is 2.50. The van der Waals surface area contributed by atoms with Crippen molar-refractivity contribution in [2.24, 2.45) is 0 Å². The zero-order valence-electron chi connectivity index (χ0n) is 17.8. The van der Waals surface area contributed by atoms with Gasteiger partial charge in [0.25, 0.3) is 0 Å². The molecule has 2 fully saturated rings. The Morgan fingerprint density at radius 3 is 2.48 bits per heavy atom. The molecule has 0 amide bonds. The minimum absolute atomic E-state index is 0.0195. The van der Waals surface area contributed by atoms with Gasteiger partial charge in [-0.2, -0.15) is 0 Å². The Bertz CT molecular complexity index is 1380. The van der Waals surface area contributed by atoms with Gasteiger partial charge >= 0.3 is 5.97 Å². The van der Waals surface area contributed by atoms with Gasteiger partial charge in [0, 0.05) is 17.5 Å². The van der Waals surface area contributed by atoms with E-state index in [1.54, 1.807) is 6.07 Å². The second-order valence-corrected chi connectivity index (χ2v) is 10.0. The maximum Gasteiger partial charge on any atom is 0.323 e. The van der Waals surface area contributed by atoms with E-state index in [-0.39, 0.29) is 11.2 Å². The minimum atomic E-state index is -0.846. The highest BCUT2D eigenvalue weighted by Crippen LogP contribution is 2.53. The zero-order valence-corrected chi connectivity index (χ0v) is 18.7. The number of rotatable bonds is 7. The summed E-state index contributed by atoms with van der Waals surface area (Å²) in [6.45, 7) is 0.315. The Kier molecular flexibility index (Phi) is 4.61. The Hall–Kier alpha value is -3.16. The average molecular weight is 460 g/mol. The van der Waals surface area contributed by atoms with Crippen LogP contribution in [0, 0.1) is 5.82 Å². The van der Waals surface area contributed by atoms with Crippen LogP contribution in [0.3, 0.4) is 0 Å². The summed E-state index contributed by atoms with van der Waals surface area (Å²) in [4.78, 5) is 21.7. The SMILES string of the molecule is O=C(O)C1(NCc2ccc(-c3nc4ccc(C5(c6ccccc6)CC5)nc4s3)c(F)c2)CC1. The largest absolute Gasteiger partial charge is 0.480 e. The summed E-state index contributed by atoms with van der Waals surface area (Å²) in [6.07, 6.45) is 3.37. The van der Waals surface area contributed by atoms with Crippen molar-refractivity contribution < 1.29 is 14.3 Å². The van der Waals surface area contributed by atoms with Crippen LogP contribution >= 0.6 is 11.3 Å². The first-order chi connectivity index (χ1) is 16.0. The van der Waals surface area contributed by atoms with Crippen molar-refractivity contribution >= 4 is 27.7 Å². The summed E-state index contributed by atoms with van der Waals surface area (Å²) in [7, 11) is 0. The van der Waals surface area contributed by atoms with E-state index < -0.39 is 11.5 Å². The van der Waals surface area contributed by atoms with Crippen LogP contribution in [0.15, 0.2) is 60.7 Å². The number of pyridine rings is 1. The van der Waals surface area contributed by atoms with Crippen LogP contribution in [0.2, 0.25) is 0 Å². The molecule has 2 heterocycles. The lowest BCUT2D eigenvalue weighted by Crippen LogP contribution is -2.38. The quantitative estimate of drug-likeness (QED) is 0.393. The van der Waals surface area contributed by atoms with E-state index in [2.05, 4.69) is 34.6 Å². The fourth-order valence-corrected chi connectivity index (χ4v) is 5.44. The lowest BCUT2D eigenvalue weighted by Gasteiger charge is -2.14. The van der Waals surface area contributed by atoms with E-state index >= 15 is 0 Å². The van der Waals surface area contributed by atoms with Crippen LogP contribution < -0.4 is 5.32 Å². The number of carboxylic acids is 1. The number of nitrogens with zero attached hydrogens (tertiary/aromatic N) is 2. The van der Waals surface area contributed by atoms with Gasteiger partial charge in [0.2, 0.25) is 0 Å². The van der Waals surface area contributed by atoms with Crippen molar-refractivity contribution in [3.8, 4) is 10.6 Å². The second kappa shape index (κ2) is 7.43. The first-order valence-corrected chi connectivity index (χ1v) is 11.9. The predicted molar refractivity (Wildman–Crippen MR) is 126 cm³/mol. The highest BCUT2D eigenvalue weighted by molar-refractivity contribution is 7.21. The maximum atomic E-state index is 15.0. The van der Waals surface area contributed by atoms with E-state index in [1.165, 1.54) is 23.0 Å². The van der Waals surface area contributed by atoms with Crippen LogP contribution in [0.25, 0.3) is 20.9 Å². The highest BCUT2D eigenvalue weighted by atomic mass is 32.1. The van der Waals surface area contributed by atoms with E-state index in [0.29, 0.717) is 35.5 Å². The van der Waals surface area contributed by atoms with Gasteiger partial charge < -0.3 is 5.11 Å². The number of carbonyl (C=O) groups is 1. The number of aliphatic carboxylic acids is 1. The third-order valence-electron chi connectivity index (χ3n) is 6.88. The second-order valence-electron chi connectivity index (χ2n) is 9.04. The molecule has 2 aromatic heterocycles. The first kappa shape index (κ1) is 20.4. The van der Waals surface area contributed by atoms with Crippen LogP contribution in [0.1, 0.15) is 42.5 Å². The molecular formula is C26H22FN3O2S. The molecular weight excluding hydrogens is 437 g/mol. The smallest absolute Gasteiger partial charge is 0.323 e. The van der Waals surface area contributed by atoms with E-state index in [4.69, 9.17) is 4.98 Å². The Labute approximate surface area is 194 Å². The molecule has 166 valence electrons. The summed E-state index contributed by atoms with van der Waals surface area (Å²) >= 11 is 1.40. The molecule has 0 saturated heterocycles. The van der Waals surface area contributed by atoms with Gasteiger partial charge in [-0.25, -0.2) is 14.4 Å². The normalized spacial score (nSPS) is 17.7. The molecule has 4 aromatic rings. The molecule has 2 saturated carbocycles. The van der Waals surface area contributed by atoms with Crippen LogP contribution in [-0.4, -0.2) is 26.6 Å². The van der Waals surface area contributed by atoms with Gasteiger partial charge in [-0.3, -0.25) is 10.1 Å². The molecule has 0 spiro atoms. The number of fused-ring (bicyclic) bond motifs is 1. The molecule has 0 aliphatic heterocycles. The van der Waals surface area contributed by atoms with Gasteiger partial charge in [-0.05, 0) is 61.1 Å². The monoisotopic (exact) mass is 459 g/mol. The van der Waals surface area contributed by atoms with Crippen molar-refractivity contribution in [3.63, 3.8) is 0 Å². The van der Waals surface area contributed by atoms with Gasteiger partial charge in [-0.15, -0.1) is 0 Å².